The van der Waals surface area contributed by atoms with E-state index in [-0.39, 0.29) is 5.91 Å². The highest BCUT2D eigenvalue weighted by molar-refractivity contribution is 6.08. The number of piperidine rings is 1. The summed E-state index contributed by atoms with van der Waals surface area (Å²) < 4.78 is 11.4. The number of rotatable bonds is 5. The maximum absolute atomic E-state index is 13.4. The van der Waals surface area contributed by atoms with Crippen molar-refractivity contribution < 1.29 is 13.9 Å². The minimum Gasteiger partial charge on any atom is -0.497 e. The molecule has 1 saturated heterocycles. The topological polar surface area (TPSA) is 54.7 Å². The molecule has 0 spiro atoms. The number of fused-ring (bicyclic) bond motifs is 1. The van der Waals surface area contributed by atoms with Crippen LogP contribution in [0.5, 0.6) is 5.75 Å². The molecule has 0 bridgehead atoms. The first-order valence-electron chi connectivity index (χ1n) is 9.81. The van der Waals surface area contributed by atoms with Crippen LogP contribution in [0.15, 0.2) is 52.9 Å². The average molecular weight is 378 g/mol. The smallest absolute Gasteiger partial charge is 0.290 e. The van der Waals surface area contributed by atoms with Crippen LogP contribution in [0.25, 0.3) is 22.1 Å². The standard InChI is InChI=1S/C23H26N2O3/c1-24-15-16-10-12-25(13-11-16)23(26)22-21(17-6-4-3-5-7-17)19-9-8-18(27-2)14-20(19)28-22/h3-9,14,16,24H,10-13,15H2,1-2H3. The number of benzene rings is 2. The first kappa shape index (κ1) is 18.6. The second kappa shape index (κ2) is 8.07. The Kier molecular flexibility index (Phi) is 5.35. The molecule has 1 amide bonds. The summed E-state index contributed by atoms with van der Waals surface area (Å²) in [5.41, 5.74) is 2.52. The summed E-state index contributed by atoms with van der Waals surface area (Å²) >= 11 is 0. The molecule has 1 fully saturated rings. The van der Waals surface area contributed by atoms with Gasteiger partial charge in [0.25, 0.3) is 5.91 Å². The molecule has 1 aromatic heterocycles. The van der Waals surface area contributed by atoms with Gasteiger partial charge in [0.05, 0.1) is 7.11 Å². The quantitative estimate of drug-likeness (QED) is 0.724. The van der Waals surface area contributed by atoms with Crippen molar-refractivity contribution in [3.63, 3.8) is 0 Å². The van der Waals surface area contributed by atoms with Crippen LogP contribution in [-0.4, -0.2) is 44.6 Å². The Morgan fingerprint density at radius 3 is 2.61 bits per heavy atom. The van der Waals surface area contributed by atoms with Crippen LogP contribution in [0.1, 0.15) is 23.4 Å². The Morgan fingerprint density at radius 2 is 1.93 bits per heavy atom. The average Bonchev–Trinajstić information content (AvgIpc) is 3.13. The van der Waals surface area contributed by atoms with E-state index in [2.05, 4.69) is 5.32 Å². The molecule has 1 aliphatic rings. The predicted molar refractivity (Wildman–Crippen MR) is 111 cm³/mol. The zero-order chi connectivity index (χ0) is 19.5. The Balaban J connectivity index is 1.72. The zero-order valence-corrected chi connectivity index (χ0v) is 16.4. The number of carbonyl (C=O) groups is 1. The number of furan rings is 1. The van der Waals surface area contributed by atoms with Crippen molar-refractivity contribution in [3.05, 3.63) is 54.3 Å². The summed E-state index contributed by atoms with van der Waals surface area (Å²) in [5.74, 6) is 1.73. The monoisotopic (exact) mass is 378 g/mol. The number of ether oxygens (including phenoxy) is 1. The highest BCUT2D eigenvalue weighted by Crippen LogP contribution is 2.37. The molecule has 5 heteroatoms. The highest BCUT2D eigenvalue weighted by atomic mass is 16.5. The van der Waals surface area contributed by atoms with E-state index in [0.29, 0.717) is 23.0 Å². The summed E-state index contributed by atoms with van der Waals surface area (Å²) in [7, 11) is 3.61. The van der Waals surface area contributed by atoms with E-state index in [4.69, 9.17) is 9.15 Å². The summed E-state index contributed by atoms with van der Waals surface area (Å²) in [6.45, 7) is 2.53. The predicted octanol–water partition coefficient (Wildman–Crippen LogP) is 4.18. The van der Waals surface area contributed by atoms with E-state index in [1.165, 1.54) is 0 Å². The molecule has 28 heavy (non-hydrogen) atoms. The van der Waals surface area contributed by atoms with E-state index in [0.717, 1.165) is 49.0 Å². The number of methoxy groups -OCH3 is 1. The fourth-order valence-electron chi connectivity index (χ4n) is 4.02. The number of hydrogen-bond donors (Lipinski definition) is 1. The van der Waals surface area contributed by atoms with Crippen molar-refractivity contribution in [2.45, 2.75) is 12.8 Å². The Hall–Kier alpha value is -2.79. The summed E-state index contributed by atoms with van der Waals surface area (Å²) in [6, 6.07) is 15.7. The Morgan fingerprint density at radius 1 is 1.18 bits per heavy atom. The highest BCUT2D eigenvalue weighted by Gasteiger charge is 2.29. The molecule has 0 radical (unpaired) electrons. The van der Waals surface area contributed by atoms with Crippen molar-refractivity contribution in [1.29, 1.82) is 0 Å². The number of nitrogens with one attached hydrogen (secondary N) is 1. The molecule has 3 aromatic rings. The third-order valence-electron chi connectivity index (χ3n) is 5.55. The molecule has 0 saturated carbocycles. The first-order valence-corrected chi connectivity index (χ1v) is 9.81. The van der Waals surface area contributed by atoms with E-state index in [1.807, 2.05) is 60.5 Å². The van der Waals surface area contributed by atoms with Crippen LogP contribution >= 0.6 is 0 Å². The normalized spacial score (nSPS) is 15.1. The van der Waals surface area contributed by atoms with Crippen LogP contribution in [0.4, 0.5) is 0 Å². The minimum atomic E-state index is -0.0306. The van der Waals surface area contributed by atoms with Gasteiger partial charge in [0, 0.05) is 30.1 Å². The lowest BCUT2D eigenvalue weighted by molar-refractivity contribution is 0.0662. The molecule has 0 unspecified atom stereocenters. The van der Waals surface area contributed by atoms with Crippen LogP contribution in [0.2, 0.25) is 0 Å². The molecule has 2 heterocycles. The van der Waals surface area contributed by atoms with Gasteiger partial charge < -0.3 is 19.4 Å². The van der Waals surface area contributed by atoms with Crippen molar-refractivity contribution in [2.75, 3.05) is 33.8 Å². The van der Waals surface area contributed by atoms with Gasteiger partial charge in [0.2, 0.25) is 5.76 Å². The van der Waals surface area contributed by atoms with E-state index >= 15 is 0 Å². The molecular formula is C23H26N2O3. The van der Waals surface area contributed by atoms with Gasteiger partial charge in [-0.2, -0.15) is 0 Å². The molecular weight excluding hydrogens is 352 g/mol. The largest absolute Gasteiger partial charge is 0.497 e. The molecule has 0 aliphatic carbocycles. The van der Waals surface area contributed by atoms with Gasteiger partial charge in [-0.1, -0.05) is 30.3 Å². The molecule has 4 rings (SSSR count). The zero-order valence-electron chi connectivity index (χ0n) is 16.4. The lowest BCUT2D eigenvalue weighted by Crippen LogP contribution is -2.40. The maximum Gasteiger partial charge on any atom is 0.290 e. The van der Waals surface area contributed by atoms with Gasteiger partial charge in [-0.15, -0.1) is 0 Å². The van der Waals surface area contributed by atoms with Gasteiger partial charge in [-0.25, -0.2) is 0 Å². The molecule has 5 nitrogen and oxygen atoms in total. The first-order chi connectivity index (χ1) is 13.7. The SMILES string of the molecule is CNCC1CCN(C(=O)c2oc3cc(OC)ccc3c2-c2ccccc2)CC1. The number of carbonyl (C=O) groups excluding carboxylic acids is 1. The van der Waals surface area contributed by atoms with Gasteiger partial charge in [0.1, 0.15) is 11.3 Å². The molecule has 1 N–H and O–H groups in total. The molecule has 0 atom stereocenters. The fraction of sp³-hybridized carbons (Fsp3) is 0.348. The van der Waals surface area contributed by atoms with Crippen molar-refractivity contribution in [2.24, 2.45) is 5.92 Å². The number of likely N-dealkylation sites (tertiary alicyclic amines) is 1. The van der Waals surface area contributed by atoms with Crippen LogP contribution in [-0.2, 0) is 0 Å². The molecule has 146 valence electrons. The van der Waals surface area contributed by atoms with Crippen molar-refractivity contribution in [3.8, 4) is 16.9 Å². The summed E-state index contributed by atoms with van der Waals surface area (Å²) in [4.78, 5) is 15.3. The van der Waals surface area contributed by atoms with Crippen LogP contribution < -0.4 is 10.1 Å². The lowest BCUT2D eigenvalue weighted by Gasteiger charge is -2.31. The maximum atomic E-state index is 13.4. The summed E-state index contributed by atoms with van der Waals surface area (Å²) in [5, 5.41) is 4.17. The minimum absolute atomic E-state index is 0.0306. The number of nitrogens with zero attached hydrogens (tertiary/aromatic N) is 1. The molecule has 2 aromatic carbocycles. The van der Waals surface area contributed by atoms with Gasteiger partial charge in [-0.05, 0) is 50.0 Å². The van der Waals surface area contributed by atoms with Crippen LogP contribution in [0, 0.1) is 5.92 Å². The van der Waals surface area contributed by atoms with Crippen molar-refractivity contribution in [1.82, 2.24) is 10.2 Å². The Labute approximate surface area is 165 Å². The number of amides is 1. The summed E-state index contributed by atoms with van der Waals surface area (Å²) in [6.07, 6.45) is 2.03. The fourth-order valence-corrected chi connectivity index (χ4v) is 4.02. The molecule has 1 aliphatic heterocycles. The van der Waals surface area contributed by atoms with Crippen LogP contribution in [0.3, 0.4) is 0 Å². The van der Waals surface area contributed by atoms with E-state index in [9.17, 15) is 4.79 Å². The third-order valence-corrected chi connectivity index (χ3v) is 5.55. The number of hydrogen-bond acceptors (Lipinski definition) is 4. The Bertz CT molecular complexity index is 957. The van der Waals surface area contributed by atoms with Gasteiger partial charge in [0.15, 0.2) is 0 Å². The second-order valence-electron chi connectivity index (χ2n) is 7.33. The van der Waals surface area contributed by atoms with Gasteiger partial charge >= 0.3 is 0 Å². The second-order valence-corrected chi connectivity index (χ2v) is 7.33. The lowest BCUT2D eigenvalue weighted by atomic mass is 9.96. The van der Waals surface area contributed by atoms with E-state index in [1.54, 1.807) is 7.11 Å². The third kappa shape index (κ3) is 3.50. The van der Waals surface area contributed by atoms with Gasteiger partial charge in [-0.3, -0.25) is 4.79 Å². The van der Waals surface area contributed by atoms with Crippen molar-refractivity contribution >= 4 is 16.9 Å². The van der Waals surface area contributed by atoms with E-state index < -0.39 is 0 Å².